The molecule has 0 bridgehead atoms. The molecule has 2 saturated carbocycles. The lowest BCUT2D eigenvalue weighted by molar-refractivity contribution is 0.0455. The second kappa shape index (κ2) is 2.78. The topological polar surface area (TPSA) is 20.2 Å². The van der Waals surface area contributed by atoms with Gasteiger partial charge < -0.3 is 5.11 Å². The Hall–Kier alpha value is -0.480. The average Bonchev–Trinajstić information content (AvgIpc) is 2.45. The zero-order valence-corrected chi connectivity index (χ0v) is 7.42. The highest BCUT2D eigenvalue weighted by Crippen LogP contribution is 2.51. The van der Waals surface area contributed by atoms with Gasteiger partial charge in [0.25, 0.3) is 0 Å². The molecule has 3 atom stereocenters. The normalized spacial score (nSPS) is 46.7. The van der Waals surface area contributed by atoms with Gasteiger partial charge in [-0.2, -0.15) is 0 Å². The molecule has 1 heteroatoms. The van der Waals surface area contributed by atoms with Crippen LogP contribution in [0.2, 0.25) is 0 Å². The first-order chi connectivity index (χ1) is 5.79. The third-order valence-electron chi connectivity index (χ3n) is 3.77. The maximum Gasteiger partial charge on any atom is 0.0708 e. The quantitative estimate of drug-likeness (QED) is 0.542. The van der Waals surface area contributed by atoms with Gasteiger partial charge in [-0.05, 0) is 31.6 Å². The van der Waals surface area contributed by atoms with E-state index in [-0.39, 0.29) is 11.5 Å². The summed E-state index contributed by atoms with van der Waals surface area (Å²) in [5.74, 6) is 3.50. The Morgan fingerprint density at radius 1 is 1.25 bits per heavy atom. The predicted octanol–water partition coefficient (Wildman–Crippen LogP) is 1.95. The highest BCUT2D eigenvalue weighted by atomic mass is 16.3. The molecular weight excluding hydrogens is 148 g/mol. The van der Waals surface area contributed by atoms with Crippen LogP contribution < -0.4 is 0 Å². The van der Waals surface area contributed by atoms with Crippen molar-refractivity contribution in [1.29, 1.82) is 0 Å². The first-order valence-corrected chi connectivity index (χ1v) is 4.95. The molecule has 0 heterocycles. The van der Waals surface area contributed by atoms with E-state index >= 15 is 0 Å². The van der Waals surface area contributed by atoms with Crippen molar-refractivity contribution >= 4 is 0 Å². The zero-order chi connectivity index (χ0) is 8.60. The number of fused-ring (bicyclic) bond motifs is 1. The summed E-state index contributed by atoms with van der Waals surface area (Å²) < 4.78 is 0. The van der Waals surface area contributed by atoms with Crippen molar-refractivity contribution in [2.24, 2.45) is 11.3 Å². The molecule has 0 aromatic rings. The Morgan fingerprint density at radius 2 is 2.08 bits per heavy atom. The van der Waals surface area contributed by atoms with E-state index in [1.54, 1.807) is 0 Å². The summed E-state index contributed by atoms with van der Waals surface area (Å²) in [7, 11) is 0. The first-order valence-electron chi connectivity index (χ1n) is 4.95. The van der Waals surface area contributed by atoms with Gasteiger partial charge >= 0.3 is 0 Å². The lowest BCUT2D eigenvalue weighted by Crippen LogP contribution is -2.36. The molecule has 0 saturated heterocycles. The number of rotatable bonds is 0. The van der Waals surface area contributed by atoms with Crippen molar-refractivity contribution in [3.8, 4) is 12.3 Å². The summed E-state index contributed by atoms with van der Waals surface area (Å²) in [6.07, 6.45) is 12.2. The van der Waals surface area contributed by atoms with Crippen molar-refractivity contribution in [2.75, 3.05) is 0 Å². The van der Waals surface area contributed by atoms with Gasteiger partial charge in [-0.1, -0.05) is 18.8 Å². The largest absolute Gasteiger partial charge is 0.392 e. The monoisotopic (exact) mass is 164 g/mol. The molecule has 0 amide bonds. The molecule has 0 aliphatic heterocycles. The molecule has 0 spiro atoms. The molecule has 0 aromatic heterocycles. The van der Waals surface area contributed by atoms with Crippen molar-refractivity contribution < 1.29 is 5.11 Å². The fourth-order valence-corrected chi connectivity index (χ4v) is 3.01. The number of hydrogen-bond donors (Lipinski definition) is 1. The lowest BCUT2D eigenvalue weighted by atomic mass is 9.68. The van der Waals surface area contributed by atoms with E-state index in [0.29, 0.717) is 5.92 Å². The van der Waals surface area contributed by atoms with Gasteiger partial charge in [-0.25, -0.2) is 0 Å². The second-order valence-corrected chi connectivity index (χ2v) is 4.22. The molecule has 0 radical (unpaired) electrons. The summed E-state index contributed by atoms with van der Waals surface area (Å²) >= 11 is 0. The van der Waals surface area contributed by atoms with Crippen LogP contribution in [0.15, 0.2) is 0 Å². The van der Waals surface area contributed by atoms with Gasteiger partial charge in [0.05, 0.1) is 11.5 Å². The number of hydrogen-bond acceptors (Lipinski definition) is 1. The Kier molecular flexibility index (Phi) is 1.88. The van der Waals surface area contributed by atoms with Crippen molar-refractivity contribution in [1.82, 2.24) is 0 Å². The summed E-state index contributed by atoms with van der Waals surface area (Å²) in [5, 5.41) is 9.83. The average molecular weight is 164 g/mol. The Morgan fingerprint density at radius 3 is 2.75 bits per heavy atom. The maximum absolute atomic E-state index is 9.83. The van der Waals surface area contributed by atoms with E-state index in [2.05, 4.69) is 5.92 Å². The van der Waals surface area contributed by atoms with Crippen LogP contribution in [0.5, 0.6) is 0 Å². The van der Waals surface area contributed by atoms with Crippen LogP contribution in [0.4, 0.5) is 0 Å². The first kappa shape index (κ1) is 8.13. The molecule has 66 valence electrons. The molecule has 12 heavy (non-hydrogen) atoms. The molecule has 2 aliphatic rings. The van der Waals surface area contributed by atoms with E-state index in [1.165, 1.54) is 19.3 Å². The van der Waals surface area contributed by atoms with Gasteiger partial charge in [0.1, 0.15) is 0 Å². The molecular formula is C11H16O. The highest BCUT2D eigenvalue weighted by molar-refractivity contribution is 5.16. The van der Waals surface area contributed by atoms with Gasteiger partial charge in [0.2, 0.25) is 0 Å². The van der Waals surface area contributed by atoms with Crippen LogP contribution in [0.3, 0.4) is 0 Å². The van der Waals surface area contributed by atoms with E-state index in [4.69, 9.17) is 6.42 Å². The lowest BCUT2D eigenvalue weighted by Gasteiger charge is -2.37. The van der Waals surface area contributed by atoms with E-state index in [1.807, 2.05) is 0 Å². The molecule has 2 rings (SSSR count). The fraction of sp³-hybridized carbons (Fsp3) is 0.818. The van der Waals surface area contributed by atoms with Crippen LogP contribution in [0, 0.1) is 23.7 Å². The van der Waals surface area contributed by atoms with E-state index < -0.39 is 0 Å². The maximum atomic E-state index is 9.83. The fourth-order valence-electron chi connectivity index (χ4n) is 3.01. The summed E-state index contributed by atoms with van der Waals surface area (Å²) in [5.41, 5.74) is -0.127. The minimum atomic E-state index is -0.215. The molecule has 1 nitrogen and oxygen atoms in total. The molecule has 0 aromatic carbocycles. The minimum absolute atomic E-state index is 0.127. The predicted molar refractivity (Wildman–Crippen MR) is 48.5 cm³/mol. The van der Waals surface area contributed by atoms with Gasteiger partial charge in [0.15, 0.2) is 0 Å². The van der Waals surface area contributed by atoms with Gasteiger partial charge in [-0.3, -0.25) is 0 Å². The smallest absolute Gasteiger partial charge is 0.0708 e. The minimum Gasteiger partial charge on any atom is -0.392 e. The summed E-state index contributed by atoms with van der Waals surface area (Å²) in [6.45, 7) is 0. The van der Waals surface area contributed by atoms with Crippen LogP contribution >= 0.6 is 0 Å². The van der Waals surface area contributed by atoms with Crippen molar-refractivity contribution in [2.45, 2.75) is 44.6 Å². The molecule has 1 N–H and O–H groups in total. The zero-order valence-electron chi connectivity index (χ0n) is 7.42. The standard InChI is InChI=1S/C11H16O/c1-2-11-8-4-3-5-9(11)6-7-10(11)12/h1,9-10,12H,3-8H2. The Labute approximate surface area is 74.2 Å². The third-order valence-corrected chi connectivity index (χ3v) is 3.77. The number of terminal acetylenes is 1. The SMILES string of the molecule is C#CC12CCCCC1CCC2O. The molecule has 2 aliphatic carbocycles. The van der Waals surface area contributed by atoms with E-state index in [9.17, 15) is 5.11 Å². The molecule has 3 unspecified atom stereocenters. The van der Waals surface area contributed by atoms with Gasteiger partial charge in [-0.15, -0.1) is 6.42 Å². The van der Waals surface area contributed by atoms with E-state index in [0.717, 1.165) is 19.3 Å². The van der Waals surface area contributed by atoms with Crippen molar-refractivity contribution in [3.63, 3.8) is 0 Å². The molecule has 2 fully saturated rings. The van der Waals surface area contributed by atoms with Crippen LogP contribution in [-0.2, 0) is 0 Å². The second-order valence-electron chi connectivity index (χ2n) is 4.22. The van der Waals surface area contributed by atoms with Crippen LogP contribution in [-0.4, -0.2) is 11.2 Å². The summed E-state index contributed by atoms with van der Waals surface area (Å²) in [4.78, 5) is 0. The summed E-state index contributed by atoms with van der Waals surface area (Å²) in [6, 6.07) is 0. The van der Waals surface area contributed by atoms with Gasteiger partial charge in [0, 0.05) is 0 Å². The third kappa shape index (κ3) is 0.912. The highest BCUT2D eigenvalue weighted by Gasteiger charge is 2.49. The number of aliphatic hydroxyl groups excluding tert-OH is 1. The van der Waals surface area contributed by atoms with Crippen LogP contribution in [0.1, 0.15) is 38.5 Å². The number of aliphatic hydroxyl groups is 1. The Balaban J connectivity index is 2.26. The van der Waals surface area contributed by atoms with Crippen LogP contribution in [0.25, 0.3) is 0 Å². The van der Waals surface area contributed by atoms with Crippen molar-refractivity contribution in [3.05, 3.63) is 0 Å². The Bertz CT molecular complexity index is 214.